The second kappa shape index (κ2) is 8.25. The van der Waals surface area contributed by atoms with Crippen molar-refractivity contribution >= 4 is 11.3 Å². The Bertz CT molecular complexity index is 716. The Morgan fingerprint density at radius 2 is 1.25 bits per heavy atom. The lowest BCUT2D eigenvalue weighted by molar-refractivity contribution is -2.00. The molecule has 0 aliphatic heterocycles. The van der Waals surface area contributed by atoms with Crippen molar-refractivity contribution < 1.29 is 28.9 Å². The first kappa shape index (κ1) is 18.4. The van der Waals surface area contributed by atoms with Crippen LogP contribution < -0.4 is 18.6 Å². The van der Waals surface area contributed by atoms with E-state index in [2.05, 4.69) is 54.4 Å². The van der Waals surface area contributed by atoms with Crippen LogP contribution in [-0.4, -0.2) is 4.98 Å². The zero-order valence-corrected chi connectivity index (χ0v) is 14.3. The van der Waals surface area contributed by atoms with E-state index in [1.807, 2.05) is 24.3 Å². The van der Waals surface area contributed by atoms with Gasteiger partial charge in [0.1, 0.15) is 0 Å². The van der Waals surface area contributed by atoms with Crippen molar-refractivity contribution in [1.29, 1.82) is 0 Å². The van der Waals surface area contributed by atoms with E-state index in [1.54, 1.807) is 11.3 Å². The van der Waals surface area contributed by atoms with E-state index in [1.165, 1.54) is 10.4 Å². The van der Waals surface area contributed by atoms with Crippen LogP contribution in [0.15, 0.2) is 66.7 Å². The van der Waals surface area contributed by atoms with Crippen molar-refractivity contribution in [1.82, 2.24) is 4.98 Å². The summed E-state index contributed by atoms with van der Waals surface area (Å²) in [6.45, 7) is 2.06. The van der Waals surface area contributed by atoms with Crippen molar-refractivity contribution in [2.24, 2.45) is 0 Å². The number of halogens is 1. The number of hydrogen-bond donors (Lipinski definition) is 0. The molecule has 0 saturated carbocycles. The smallest absolute Gasteiger partial charge is 0.222 e. The Balaban J connectivity index is 0.000000368. The van der Waals surface area contributed by atoms with Crippen LogP contribution in [0.4, 0.5) is 0 Å². The van der Waals surface area contributed by atoms with Gasteiger partial charge in [0.05, 0.1) is 5.69 Å². The summed E-state index contributed by atoms with van der Waals surface area (Å²) >= 11 is 1.73. The number of benzene rings is 2. The van der Waals surface area contributed by atoms with Gasteiger partial charge in [-0.3, -0.25) is 0 Å². The molecule has 2 aromatic carbocycles. The summed E-state index contributed by atoms with van der Waals surface area (Å²) < 4.78 is 34.0. The average molecular weight is 364 g/mol. The highest BCUT2D eigenvalue weighted by Crippen LogP contribution is 2.29. The predicted molar refractivity (Wildman–Crippen MR) is 82.1 cm³/mol. The van der Waals surface area contributed by atoms with Crippen LogP contribution in [0.25, 0.3) is 21.7 Å². The molecule has 0 saturated heterocycles. The van der Waals surface area contributed by atoms with Crippen LogP contribution in [0.5, 0.6) is 0 Å². The van der Waals surface area contributed by atoms with Crippen LogP contribution in [-0.2, 0) is 0 Å². The lowest BCUT2D eigenvalue weighted by atomic mass is 10.1. The SMILES string of the molecule is Cc1nc(-c2ccccc2)cc(-c2ccccc2)[s+]1.[O-][Cl+3]([O-])([O-])[O-]. The van der Waals surface area contributed by atoms with Gasteiger partial charge in [0.2, 0.25) is 16.2 Å². The monoisotopic (exact) mass is 363 g/mol. The lowest BCUT2D eigenvalue weighted by Gasteiger charge is -2.17. The summed E-state index contributed by atoms with van der Waals surface area (Å²) in [5.41, 5.74) is 3.45. The van der Waals surface area contributed by atoms with E-state index in [-0.39, 0.29) is 0 Å². The van der Waals surface area contributed by atoms with Gasteiger partial charge in [-0.15, -0.1) is 10.2 Å². The first-order valence-electron chi connectivity index (χ1n) is 6.87. The Morgan fingerprint density at radius 1 is 0.792 bits per heavy atom. The zero-order chi connectivity index (χ0) is 17.6. The van der Waals surface area contributed by atoms with Crippen molar-refractivity contribution in [3.05, 3.63) is 71.7 Å². The van der Waals surface area contributed by atoms with Gasteiger partial charge in [-0.25, -0.2) is 18.6 Å². The summed E-state index contributed by atoms with van der Waals surface area (Å²) in [4.78, 5) is 5.90. The summed E-state index contributed by atoms with van der Waals surface area (Å²) in [5, 5.41) is 1.08. The molecular formula is C17H14ClNO4S. The Kier molecular flexibility index (Phi) is 6.33. The minimum absolute atomic E-state index is 1.04. The number of hydrogen-bond acceptors (Lipinski definition) is 5. The van der Waals surface area contributed by atoms with Crippen LogP contribution in [0.3, 0.4) is 0 Å². The molecule has 1 heterocycles. The van der Waals surface area contributed by atoms with E-state index in [0.29, 0.717) is 0 Å². The fourth-order valence-corrected chi connectivity index (χ4v) is 2.93. The fraction of sp³-hybridized carbons (Fsp3) is 0.0588. The Labute approximate surface area is 145 Å². The highest BCUT2D eigenvalue weighted by atomic mass is 35.7. The summed E-state index contributed by atoms with van der Waals surface area (Å²) in [5.74, 6) is 0. The second-order valence-corrected chi connectivity index (χ2v) is 6.73. The normalized spacial score (nSPS) is 10.7. The molecule has 0 aliphatic carbocycles. The van der Waals surface area contributed by atoms with Crippen LogP contribution in [0, 0.1) is 17.2 Å². The summed E-state index contributed by atoms with van der Waals surface area (Å²) in [7, 11) is -4.94. The summed E-state index contributed by atoms with van der Waals surface area (Å²) in [6, 6.07) is 22.9. The van der Waals surface area contributed by atoms with Gasteiger partial charge in [0.25, 0.3) is 5.01 Å². The number of aromatic nitrogens is 1. The summed E-state index contributed by atoms with van der Waals surface area (Å²) in [6.07, 6.45) is 0. The molecule has 124 valence electrons. The van der Waals surface area contributed by atoms with Crippen molar-refractivity contribution in [2.75, 3.05) is 0 Å². The first-order chi connectivity index (χ1) is 11.3. The highest BCUT2D eigenvalue weighted by Gasteiger charge is 2.15. The van der Waals surface area contributed by atoms with Crippen LogP contribution in [0.2, 0.25) is 0 Å². The minimum Gasteiger partial charge on any atom is -0.222 e. The molecule has 0 atom stereocenters. The van der Waals surface area contributed by atoms with E-state index in [9.17, 15) is 0 Å². The van der Waals surface area contributed by atoms with E-state index >= 15 is 0 Å². The molecule has 7 heteroatoms. The quantitative estimate of drug-likeness (QED) is 0.609. The maximum atomic E-state index is 8.49. The largest absolute Gasteiger partial charge is 0.297 e. The lowest BCUT2D eigenvalue weighted by Crippen LogP contribution is -2.68. The molecule has 0 bridgehead atoms. The zero-order valence-electron chi connectivity index (χ0n) is 12.7. The van der Waals surface area contributed by atoms with Gasteiger partial charge < -0.3 is 0 Å². The number of aryl methyl sites for hydroxylation is 1. The molecular weight excluding hydrogens is 350 g/mol. The van der Waals surface area contributed by atoms with Crippen molar-refractivity contribution in [2.45, 2.75) is 6.92 Å². The second-order valence-electron chi connectivity index (χ2n) is 4.74. The minimum atomic E-state index is -4.94. The molecule has 0 fully saturated rings. The van der Waals surface area contributed by atoms with Crippen LogP contribution in [0.1, 0.15) is 5.01 Å². The standard InChI is InChI=1S/C17H14NS.ClHO4/c1-13-18-16(14-8-4-2-5-9-14)12-17(19-13)15-10-6-3-7-11-15;2-1(3,4)5/h2-12H,1H3;(H,2,3,4,5)/q+1;/p-1. The highest BCUT2D eigenvalue weighted by molar-refractivity contribution is 7.14. The number of nitrogens with zero attached hydrogens (tertiary/aromatic N) is 1. The van der Waals surface area contributed by atoms with Crippen molar-refractivity contribution in [3.63, 3.8) is 0 Å². The van der Waals surface area contributed by atoms with Crippen molar-refractivity contribution in [3.8, 4) is 21.7 Å². The molecule has 3 rings (SSSR count). The third kappa shape index (κ3) is 6.29. The molecule has 0 aliphatic rings. The fourth-order valence-electron chi connectivity index (χ4n) is 2.04. The van der Waals surface area contributed by atoms with Crippen LogP contribution >= 0.6 is 11.3 Å². The van der Waals surface area contributed by atoms with Gasteiger partial charge in [-0.05, 0) is 12.1 Å². The van der Waals surface area contributed by atoms with Gasteiger partial charge in [-0.2, -0.15) is 4.98 Å². The third-order valence-corrected chi connectivity index (χ3v) is 3.89. The first-order valence-corrected chi connectivity index (χ1v) is 8.92. The van der Waals surface area contributed by atoms with E-state index in [4.69, 9.17) is 18.6 Å². The Hall–Kier alpha value is -1.93. The number of rotatable bonds is 2. The molecule has 0 spiro atoms. The third-order valence-electron chi connectivity index (χ3n) is 2.93. The average Bonchev–Trinajstić information content (AvgIpc) is 2.54. The maximum Gasteiger partial charge on any atom is 0.297 e. The molecule has 0 unspecified atom stereocenters. The molecule has 1 aromatic heterocycles. The maximum absolute atomic E-state index is 8.49. The van der Waals surface area contributed by atoms with E-state index in [0.717, 1.165) is 16.3 Å². The van der Waals surface area contributed by atoms with Gasteiger partial charge >= 0.3 is 0 Å². The van der Waals surface area contributed by atoms with Gasteiger partial charge in [-0.1, -0.05) is 48.5 Å². The van der Waals surface area contributed by atoms with Gasteiger partial charge in [0, 0.05) is 24.1 Å². The molecule has 0 amide bonds. The molecule has 0 N–H and O–H groups in total. The molecule has 24 heavy (non-hydrogen) atoms. The van der Waals surface area contributed by atoms with Gasteiger partial charge in [0.15, 0.2) is 0 Å². The molecule has 5 nitrogen and oxygen atoms in total. The predicted octanol–water partition coefficient (Wildman–Crippen LogP) is 0.311. The topological polar surface area (TPSA) is 105 Å². The molecule has 3 aromatic rings. The molecule has 0 radical (unpaired) electrons. The Morgan fingerprint density at radius 3 is 1.75 bits per heavy atom. The van der Waals surface area contributed by atoms with E-state index < -0.39 is 10.2 Å².